The Balaban J connectivity index is 1.90. The zero-order valence-electron chi connectivity index (χ0n) is 16.4. The van der Waals surface area contributed by atoms with Crippen LogP contribution in [-0.4, -0.2) is 32.5 Å². The first-order chi connectivity index (χ1) is 13.8. The average molecular weight is 395 g/mol. The zero-order valence-corrected chi connectivity index (χ0v) is 16.4. The lowest BCUT2D eigenvalue weighted by Crippen LogP contribution is -2.37. The highest BCUT2D eigenvalue weighted by Crippen LogP contribution is 2.13. The van der Waals surface area contributed by atoms with Crippen molar-refractivity contribution in [1.29, 1.82) is 0 Å². The Labute approximate surface area is 166 Å². The SMILES string of the molecule is CCCNC(=O)c1cccc(NC(=O)c2ccc3c(=O)n(C)c(=O)n(C)c3n2)c1. The van der Waals surface area contributed by atoms with Crippen molar-refractivity contribution < 1.29 is 9.59 Å². The lowest BCUT2D eigenvalue weighted by atomic mass is 10.2. The molecule has 0 aliphatic heterocycles. The second kappa shape index (κ2) is 8.09. The van der Waals surface area contributed by atoms with E-state index in [1.165, 1.54) is 30.8 Å². The van der Waals surface area contributed by atoms with Crippen LogP contribution in [0.4, 0.5) is 5.69 Å². The number of carbonyl (C=O) groups is 2. The Bertz CT molecular complexity index is 1230. The van der Waals surface area contributed by atoms with Crippen molar-refractivity contribution in [1.82, 2.24) is 19.4 Å². The van der Waals surface area contributed by atoms with Crippen molar-refractivity contribution in [2.75, 3.05) is 11.9 Å². The van der Waals surface area contributed by atoms with Crippen molar-refractivity contribution in [3.8, 4) is 0 Å². The summed E-state index contributed by atoms with van der Waals surface area (Å²) in [5.41, 5.74) is 0.0132. The van der Waals surface area contributed by atoms with Crippen molar-refractivity contribution in [3.63, 3.8) is 0 Å². The molecule has 9 nitrogen and oxygen atoms in total. The highest BCUT2D eigenvalue weighted by atomic mass is 16.2. The molecule has 0 aliphatic carbocycles. The first-order valence-corrected chi connectivity index (χ1v) is 9.10. The van der Waals surface area contributed by atoms with Gasteiger partial charge in [0.1, 0.15) is 11.3 Å². The van der Waals surface area contributed by atoms with E-state index in [1.54, 1.807) is 24.3 Å². The van der Waals surface area contributed by atoms with Gasteiger partial charge in [-0.3, -0.25) is 23.5 Å². The molecule has 0 atom stereocenters. The summed E-state index contributed by atoms with van der Waals surface area (Å²) in [4.78, 5) is 53.2. The van der Waals surface area contributed by atoms with Crippen LogP contribution in [0.2, 0.25) is 0 Å². The van der Waals surface area contributed by atoms with E-state index in [0.29, 0.717) is 17.8 Å². The standard InChI is InChI=1S/C20H21N5O4/c1-4-10-21-17(26)12-6-5-7-13(11-12)22-18(27)15-9-8-14-16(23-15)24(2)20(29)25(3)19(14)28/h5-9,11H,4,10H2,1-3H3,(H,21,26)(H,22,27). The van der Waals surface area contributed by atoms with Gasteiger partial charge < -0.3 is 10.6 Å². The number of anilines is 1. The van der Waals surface area contributed by atoms with Crippen molar-refractivity contribution in [2.24, 2.45) is 14.1 Å². The molecule has 0 unspecified atom stereocenters. The molecule has 9 heteroatoms. The molecular weight excluding hydrogens is 374 g/mol. The van der Waals surface area contributed by atoms with Crippen molar-refractivity contribution in [2.45, 2.75) is 13.3 Å². The van der Waals surface area contributed by atoms with Crippen LogP contribution in [0.1, 0.15) is 34.2 Å². The molecule has 0 radical (unpaired) electrons. The topological polar surface area (TPSA) is 115 Å². The second-order valence-corrected chi connectivity index (χ2v) is 6.56. The molecule has 150 valence electrons. The summed E-state index contributed by atoms with van der Waals surface area (Å²) in [5.74, 6) is -0.747. The predicted octanol–water partition coefficient (Wildman–Crippen LogP) is 1.02. The summed E-state index contributed by atoms with van der Waals surface area (Å²) in [6.07, 6.45) is 0.821. The molecule has 2 aromatic heterocycles. The lowest BCUT2D eigenvalue weighted by Gasteiger charge is -2.10. The number of amides is 2. The minimum atomic E-state index is -0.529. The summed E-state index contributed by atoms with van der Waals surface area (Å²) in [5, 5.41) is 5.69. The lowest BCUT2D eigenvalue weighted by molar-refractivity contribution is 0.0952. The molecule has 0 aliphatic rings. The largest absolute Gasteiger partial charge is 0.352 e. The van der Waals surface area contributed by atoms with Gasteiger partial charge in [-0.25, -0.2) is 9.78 Å². The quantitative estimate of drug-likeness (QED) is 0.669. The highest BCUT2D eigenvalue weighted by molar-refractivity contribution is 6.04. The van der Waals surface area contributed by atoms with Crippen LogP contribution in [0.15, 0.2) is 46.0 Å². The number of hydrogen-bond acceptors (Lipinski definition) is 5. The molecule has 2 amide bonds. The van der Waals surface area contributed by atoms with E-state index in [4.69, 9.17) is 0 Å². The van der Waals surface area contributed by atoms with Crippen molar-refractivity contribution in [3.05, 3.63) is 68.5 Å². The Hall–Kier alpha value is -3.75. The van der Waals surface area contributed by atoms with Crippen LogP contribution >= 0.6 is 0 Å². The third-order valence-electron chi connectivity index (χ3n) is 4.45. The fourth-order valence-electron chi connectivity index (χ4n) is 2.85. The Morgan fingerprint density at radius 2 is 1.79 bits per heavy atom. The van der Waals surface area contributed by atoms with Gasteiger partial charge in [0, 0.05) is 31.9 Å². The smallest absolute Gasteiger partial charge is 0.332 e. The number of aromatic nitrogens is 3. The van der Waals surface area contributed by atoms with Gasteiger partial charge >= 0.3 is 5.69 Å². The van der Waals surface area contributed by atoms with Gasteiger partial charge in [-0.1, -0.05) is 13.0 Å². The van der Waals surface area contributed by atoms with Crippen LogP contribution in [0, 0.1) is 0 Å². The normalized spacial score (nSPS) is 10.7. The van der Waals surface area contributed by atoms with Crippen LogP contribution in [0.3, 0.4) is 0 Å². The van der Waals surface area contributed by atoms with E-state index in [-0.39, 0.29) is 22.6 Å². The van der Waals surface area contributed by atoms with Gasteiger partial charge in [0.2, 0.25) is 0 Å². The summed E-state index contributed by atoms with van der Waals surface area (Å²) in [7, 11) is 2.87. The number of benzene rings is 1. The molecular formula is C20H21N5O4. The Morgan fingerprint density at radius 1 is 1.03 bits per heavy atom. The predicted molar refractivity (Wildman–Crippen MR) is 109 cm³/mol. The summed E-state index contributed by atoms with van der Waals surface area (Å²) >= 11 is 0. The molecule has 3 rings (SSSR count). The van der Waals surface area contributed by atoms with Gasteiger partial charge in [-0.05, 0) is 36.8 Å². The summed E-state index contributed by atoms with van der Waals surface area (Å²) in [6.45, 7) is 2.52. The van der Waals surface area contributed by atoms with Crippen LogP contribution in [0.25, 0.3) is 11.0 Å². The fourth-order valence-corrected chi connectivity index (χ4v) is 2.85. The second-order valence-electron chi connectivity index (χ2n) is 6.56. The molecule has 0 spiro atoms. The minimum absolute atomic E-state index is 0.0431. The maximum absolute atomic E-state index is 12.6. The van der Waals surface area contributed by atoms with Gasteiger partial charge in [0.15, 0.2) is 0 Å². The monoisotopic (exact) mass is 395 g/mol. The van der Waals surface area contributed by atoms with Crippen LogP contribution in [-0.2, 0) is 14.1 Å². The third-order valence-corrected chi connectivity index (χ3v) is 4.45. The Kier molecular flexibility index (Phi) is 5.58. The molecule has 0 saturated carbocycles. The van der Waals surface area contributed by atoms with E-state index in [0.717, 1.165) is 11.0 Å². The van der Waals surface area contributed by atoms with E-state index >= 15 is 0 Å². The number of carbonyl (C=O) groups excluding carboxylic acids is 2. The minimum Gasteiger partial charge on any atom is -0.352 e. The number of nitrogens with zero attached hydrogens (tertiary/aromatic N) is 3. The van der Waals surface area contributed by atoms with E-state index < -0.39 is 17.2 Å². The van der Waals surface area contributed by atoms with E-state index in [9.17, 15) is 19.2 Å². The van der Waals surface area contributed by atoms with Crippen LogP contribution < -0.4 is 21.9 Å². The average Bonchev–Trinajstić information content (AvgIpc) is 2.74. The Morgan fingerprint density at radius 3 is 2.52 bits per heavy atom. The summed E-state index contributed by atoms with van der Waals surface area (Å²) < 4.78 is 2.20. The molecule has 0 bridgehead atoms. The third kappa shape index (κ3) is 3.93. The van der Waals surface area contributed by atoms with E-state index in [1.807, 2.05) is 6.92 Å². The van der Waals surface area contributed by atoms with Crippen molar-refractivity contribution >= 4 is 28.5 Å². The summed E-state index contributed by atoms with van der Waals surface area (Å²) in [6, 6.07) is 9.42. The number of fused-ring (bicyclic) bond motifs is 1. The first-order valence-electron chi connectivity index (χ1n) is 9.10. The maximum Gasteiger partial charge on any atom is 0.332 e. The number of nitrogens with one attached hydrogen (secondary N) is 2. The molecule has 29 heavy (non-hydrogen) atoms. The molecule has 1 aromatic carbocycles. The molecule has 2 heterocycles. The molecule has 2 N–H and O–H groups in total. The van der Waals surface area contributed by atoms with Gasteiger partial charge in [0.05, 0.1) is 5.39 Å². The van der Waals surface area contributed by atoms with E-state index in [2.05, 4.69) is 15.6 Å². The molecule has 0 fully saturated rings. The van der Waals surface area contributed by atoms with Crippen LogP contribution in [0.5, 0.6) is 0 Å². The molecule has 3 aromatic rings. The number of hydrogen-bond donors (Lipinski definition) is 2. The maximum atomic E-state index is 12.6. The van der Waals surface area contributed by atoms with Gasteiger partial charge in [0.25, 0.3) is 17.4 Å². The zero-order chi connectivity index (χ0) is 21.1. The number of rotatable bonds is 5. The number of pyridine rings is 1. The van der Waals surface area contributed by atoms with Gasteiger partial charge in [-0.2, -0.15) is 0 Å². The fraction of sp³-hybridized carbons (Fsp3) is 0.250. The number of aryl methyl sites for hydroxylation is 1. The highest BCUT2D eigenvalue weighted by Gasteiger charge is 2.14. The molecule has 0 saturated heterocycles. The first kappa shape index (κ1) is 20.0. The van der Waals surface area contributed by atoms with Gasteiger partial charge in [-0.15, -0.1) is 0 Å².